The molecule has 17 atom stereocenters. The van der Waals surface area contributed by atoms with E-state index in [1.165, 1.54) is 67.9 Å². The minimum Gasteiger partial charge on any atom is -0.479 e. The van der Waals surface area contributed by atoms with Crippen LogP contribution < -0.4 is 0 Å². The Hall–Kier alpha value is -9.09. The molecule has 616 valence electrons. The fourth-order valence-corrected chi connectivity index (χ4v) is 12.2. The van der Waals surface area contributed by atoms with Crippen LogP contribution in [0.1, 0.15) is 218 Å². The quantitative estimate of drug-likeness (QED) is 0.0207. The molecule has 2 aromatic carbocycles. The first-order valence-corrected chi connectivity index (χ1v) is 37.7. The van der Waals surface area contributed by atoms with E-state index in [9.17, 15) is 77.6 Å². The Morgan fingerprint density at radius 1 is 0.391 bits per heavy atom. The predicted molar refractivity (Wildman–Crippen MR) is 396 cm³/mol. The molecule has 2 aliphatic carbocycles. The summed E-state index contributed by atoms with van der Waals surface area (Å²) in [6, 6.07) is 19.8. The Kier molecular flexibility index (Phi) is 46.0. The molecule has 0 bridgehead atoms. The standard InChI is InChI=1S/C41H58O14.C26H40O5.C14H20O10/c1-25(2)49-38(45)19-15-10-9-14-18-34-35(23-22-33(21-20-32-16-12-11-13-17-32)53-39(46)26(3)50-29(6)42)37(55-41(48)28(5)52-31(8)44)24-36(34)54-40(47)27(4)51-30(7)43;1-19(2)31-26(30)13-9-4-3-8-12-22-23(25(29)18-24(22)28)17-16-21(27)15-14-20-10-6-5-7-11-20;1-6(11(16)17)22-13(19)8(3)24-14(20)9(4)23-12(18)7(2)21-10(5)15/h9,11-14,16-17,25-28,33-37H,10,15,18-24H2,1-8H3;3,5-8,10-11,19,21-25,27-29H,4,9,12-18H2,1-2H3;6-9H,1-5H3,(H,16,17)/b14-9-;8-3-;/t26-,27-,28-,33?,34?,35?,36?,37?;;6-,7+,8-,9-/m0.1/s1. The number of carbonyl (C=O) groups excluding carboxylic acids is 12. The van der Waals surface area contributed by atoms with Crippen molar-refractivity contribution in [1.82, 2.24) is 0 Å². The number of aliphatic carboxylic acids is 1. The number of ether oxygens (including phenoxy) is 12. The number of rotatable bonds is 43. The van der Waals surface area contributed by atoms with Gasteiger partial charge in [-0.25, -0.2) is 33.6 Å². The zero-order valence-electron chi connectivity index (χ0n) is 66.3. The highest BCUT2D eigenvalue weighted by Crippen LogP contribution is 2.43. The SMILES string of the molecule is CC(=O)O[C@@H](C)C(=O)OC(CCc1ccccc1)CCC1C(OC(=O)[C@H](C)OC(C)=O)CC(OC(=O)[C@H](C)OC(C)=O)C1C/C=C\CCCC(=O)OC(C)C.CC(=O)O[C@@H](C)C(=O)O[C@H](C)C(=O)O[C@H](C)C(=O)O[C@H](C)C(=O)O.CC(C)OC(=O)CCC/C=C\CC1C(O)CC(O)C1CCC(O)CCc1ccccc1. The number of carbonyl (C=O) groups is 13. The van der Waals surface area contributed by atoms with Crippen molar-refractivity contribution in [3.8, 4) is 0 Å². The van der Waals surface area contributed by atoms with Crippen LogP contribution in [0.2, 0.25) is 0 Å². The maximum Gasteiger partial charge on any atom is 0.347 e. The van der Waals surface area contributed by atoms with Gasteiger partial charge in [-0.05, 0) is 195 Å². The summed E-state index contributed by atoms with van der Waals surface area (Å²) >= 11 is 0. The van der Waals surface area contributed by atoms with E-state index in [4.69, 9.17) is 52.5 Å². The molecule has 29 heteroatoms. The van der Waals surface area contributed by atoms with Gasteiger partial charge in [0.2, 0.25) is 0 Å². The summed E-state index contributed by atoms with van der Waals surface area (Å²) in [5.41, 5.74) is 2.25. The van der Waals surface area contributed by atoms with Crippen LogP contribution in [0.3, 0.4) is 0 Å². The summed E-state index contributed by atoms with van der Waals surface area (Å²) in [5.74, 6) is -10.6. The lowest BCUT2D eigenvalue weighted by molar-refractivity contribution is -0.184. The molecule has 2 saturated carbocycles. The van der Waals surface area contributed by atoms with Gasteiger partial charge in [0.25, 0.3) is 0 Å². The Balaban J connectivity index is 0.000000626. The van der Waals surface area contributed by atoms with E-state index in [-0.39, 0.29) is 48.8 Å². The van der Waals surface area contributed by atoms with Crippen LogP contribution in [0, 0.1) is 23.7 Å². The van der Waals surface area contributed by atoms with Crippen molar-refractivity contribution in [3.63, 3.8) is 0 Å². The second-order valence-corrected chi connectivity index (χ2v) is 28.0. The number of hydrogen-bond donors (Lipinski definition) is 4. The minimum atomic E-state index is -1.40. The molecule has 0 spiro atoms. The number of benzene rings is 2. The van der Waals surface area contributed by atoms with Crippen molar-refractivity contribution in [2.45, 2.75) is 311 Å². The summed E-state index contributed by atoms with van der Waals surface area (Å²) in [6.45, 7) is 20.9. The van der Waals surface area contributed by atoms with Gasteiger partial charge in [-0.2, -0.15) is 0 Å². The lowest BCUT2D eigenvalue weighted by Crippen LogP contribution is -2.37. The molecule has 0 amide bonds. The smallest absolute Gasteiger partial charge is 0.347 e. The molecule has 10 unspecified atom stereocenters. The average molecular weight is 1560 g/mol. The van der Waals surface area contributed by atoms with Crippen molar-refractivity contribution in [2.75, 3.05) is 0 Å². The van der Waals surface area contributed by atoms with E-state index >= 15 is 0 Å². The Morgan fingerprint density at radius 3 is 1.15 bits per heavy atom. The van der Waals surface area contributed by atoms with E-state index < -0.39 is 157 Å². The monoisotopic (exact) mass is 1550 g/mol. The highest BCUT2D eigenvalue weighted by Gasteiger charge is 2.48. The van der Waals surface area contributed by atoms with E-state index in [0.717, 1.165) is 38.7 Å². The summed E-state index contributed by atoms with van der Waals surface area (Å²) in [5, 5.41) is 39.8. The van der Waals surface area contributed by atoms with Crippen LogP contribution in [0.4, 0.5) is 0 Å². The number of hydrogen-bond acceptors (Lipinski definition) is 28. The van der Waals surface area contributed by atoms with Crippen LogP contribution in [-0.2, 0) is 132 Å². The average Bonchev–Trinajstić information content (AvgIpc) is 1.66. The number of unbranched alkanes of at least 4 members (excludes halogenated alkanes) is 2. The molecular weight excluding hydrogens is 1440 g/mol. The van der Waals surface area contributed by atoms with Gasteiger partial charge in [-0.3, -0.25) is 28.8 Å². The summed E-state index contributed by atoms with van der Waals surface area (Å²) in [7, 11) is 0. The second-order valence-electron chi connectivity index (χ2n) is 28.0. The predicted octanol–water partition coefficient (Wildman–Crippen LogP) is 9.70. The number of esters is 12. The maximum absolute atomic E-state index is 13.2. The molecule has 0 radical (unpaired) electrons. The largest absolute Gasteiger partial charge is 0.479 e. The van der Waals surface area contributed by atoms with E-state index in [2.05, 4.69) is 27.7 Å². The zero-order chi connectivity index (χ0) is 82.7. The summed E-state index contributed by atoms with van der Waals surface area (Å²) in [6.07, 6.45) is 4.63. The third kappa shape index (κ3) is 40.6. The molecule has 4 rings (SSSR count). The molecular formula is C81H118O29. The first-order valence-electron chi connectivity index (χ1n) is 37.7. The Labute approximate surface area is 645 Å². The van der Waals surface area contributed by atoms with Gasteiger partial charge in [-0.15, -0.1) is 0 Å². The highest BCUT2D eigenvalue weighted by atomic mass is 16.6. The molecule has 0 aromatic heterocycles. The van der Waals surface area contributed by atoms with E-state index in [1.54, 1.807) is 13.8 Å². The van der Waals surface area contributed by atoms with Gasteiger partial charge >= 0.3 is 77.6 Å². The first kappa shape index (κ1) is 97.0. The minimum absolute atomic E-state index is 0.00652. The molecule has 110 heavy (non-hydrogen) atoms. The van der Waals surface area contributed by atoms with Crippen molar-refractivity contribution >= 4 is 77.6 Å². The third-order valence-electron chi connectivity index (χ3n) is 17.6. The van der Waals surface area contributed by atoms with Gasteiger partial charge < -0.3 is 77.3 Å². The van der Waals surface area contributed by atoms with E-state index in [1.807, 2.05) is 80.6 Å². The molecule has 2 aromatic rings. The molecule has 0 saturated heterocycles. The first-order chi connectivity index (χ1) is 51.8. The fourth-order valence-electron chi connectivity index (χ4n) is 12.2. The van der Waals surface area contributed by atoms with Crippen LogP contribution in [0.25, 0.3) is 0 Å². The molecule has 0 aliphatic heterocycles. The van der Waals surface area contributed by atoms with Crippen molar-refractivity contribution in [3.05, 3.63) is 96.1 Å². The van der Waals surface area contributed by atoms with Gasteiger partial charge in [0, 0.05) is 58.8 Å². The topological polar surface area (TPSA) is 414 Å². The molecule has 4 N–H and O–H groups in total. The van der Waals surface area contributed by atoms with Crippen molar-refractivity contribution < 1.29 is 140 Å². The molecule has 2 aliphatic rings. The lowest BCUT2D eigenvalue weighted by Gasteiger charge is -2.28. The normalized spacial score (nSPS) is 20.3. The highest BCUT2D eigenvalue weighted by molar-refractivity contribution is 5.86. The van der Waals surface area contributed by atoms with Crippen molar-refractivity contribution in [1.29, 1.82) is 0 Å². The zero-order valence-corrected chi connectivity index (χ0v) is 66.3. The van der Waals surface area contributed by atoms with E-state index in [0.29, 0.717) is 83.5 Å². The summed E-state index contributed by atoms with van der Waals surface area (Å²) in [4.78, 5) is 154. The van der Waals surface area contributed by atoms with Gasteiger partial charge in [0.05, 0.1) is 30.5 Å². The maximum atomic E-state index is 13.2. The van der Waals surface area contributed by atoms with Crippen molar-refractivity contribution in [2.24, 2.45) is 23.7 Å². The number of aryl methyl sites for hydroxylation is 2. The van der Waals surface area contributed by atoms with Crippen LogP contribution in [0.5, 0.6) is 0 Å². The molecule has 29 nitrogen and oxygen atoms in total. The molecule has 0 heterocycles. The Morgan fingerprint density at radius 2 is 0.745 bits per heavy atom. The Bertz CT molecular complexity index is 3260. The lowest BCUT2D eigenvalue weighted by atomic mass is 9.85. The number of aliphatic hydroxyl groups excluding tert-OH is 3. The van der Waals surface area contributed by atoms with Crippen LogP contribution in [-0.4, -0.2) is 190 Å². The van der Waals surface area contributed by atoms with Gasteiger partial charge in [0.1, 0.15) is 18.3 Å². The van der Waals surface area contributed by atoms with Crippen LogP contribution >= 0.6 is 0 Å². The fraction of sp³-hybridized carbons (Fsp3) is 0.642. The molecule has 2 fully saturated rings. The van der Waals surface area contributed by atoms with Crippen LogP contribution in [0.15, 0.2) is 85.0 Å². The summed E-state index contributed by atoms with van der Waals surface area (Å²) < 4.78 is 61.9. The van der Waals surface area contributed by atoms with Gasteiger partial charge in [-0.1, -0.05) is 85.0 Å². The number of carboxylic acids is 1. The third-order valence-corrected chi connectivity index (χ3v) is 17.6. The number of carboxylic acid groups (broad SMARTS) is 1. The second kappa shape index (κ2) is 52.1. The van der Waals surface area contributed by atoms with Gasteiger partial charge in [0.15, 0.2) is 42.7 Å². The number of allylic oxidation sites excluding steroid dienone is 4. The number of aliphatic hydroxyl groups is 3.